The van der Waals surface area contributed by atoms with Crippen molar-refractivity contribution in [2.24, 2.45) is 0 Å². The van der Waals surface area contributed by atoms with E-state index in [4.69, 9.17) is 17.0 Å². The molecule has 100 valence electrons. The molecule has 0 fully saturated rings. The van der Waals surface area contributed by atoms with Crippen molar-refractivity contribution in [1.82, 2.24) is 9.78 Å². The molecule has 1 N–H and O–H groups in total. The predicted molar refractivity (Wildman–Crippen MR) is 80.1 cm³/mol. The van der Waals surface area contributed by atoms with E-state index in [-0.39, 0.29) is 15.6 Å². The van der Waals surface area contributed by atoms with E-state index in [1.165, 1.54) is 16.0 Å². The molecule has 4 nitrogen and oxygen atoms in total. The van der Waals surface area contributed by atoms with Crippen LogP contribution in [-0.4, -0.2) is 15.6 Å². The maximum atomic E-state index is 12.2. The Morgan fingerprint density at radius 3 is 2.75 bits per heavy atom. The molecular weight excluding hydrogens is 314 g/mol. The van der Waals surface area contributed by atoms with Crippen LogP contribution < -0.4 is 4.80 Å². The zero-order chi connectivity index (χ0) is 14.1. The molecule has 0 radical (unpaired) electrons. The van der Waals surface area contributed by atoms with E-state index >= 15 is 0 Å². The van der Waals surface area contributed by atoms with Crippen LogP contribution in [0.3, 0.4) is 0 Å². The minimum absolute atomic E-state index is 0.163. The number of carbonyl (C=O) groups excluding carboxylic acids is 1. The molecule has 1 aromatic carbocycles. The van der Waals surface area contributed by atoms with Crippen molar-refractivity contribution in [2.45, 2.75) is 0 Å². The molecule has 3 rings (SSSR count). The summed E-state index contributed by atoms with van der Waals surface area (Å²) in [7, 11) is 0. The summed E-state index contributed by atoms with van der Waals surface area (Å²) in [6.45, 7) is 0. The molecule has 2 heterocycles. The number of ketones is 1. The van der Waals surface area contributed by atoms with Crippen LogP contribution in [-0.2, 0) is 0 Å². The fraction of sp³-hybridized carbons (Fsp3) is 0. The Balaban J connectivity index is 2.07. The van der Waals surface area contributed by atoms with Gasteiger partial charge in [-0.1, -0.05) is 41.1 Å². The molecule has 0 saturated heterocycles. The third-order valence-corrected chi connectivity index (χ3v) is 4.61. The van der Waals surface area contributed by atoms with Gasteiger partial charge in [-0.3, -0.25) is 10.2 Å². The molecule has 0 amide bonds. The molecule has 20 heavy (non-hydrogen) atoms. The van der Waals surface area contributed by atoms with Gasteiger partial charge in [0, 0.05) is 0 Å². The van der Waals surface area contributed by atoms with Gasteiger partial charge in [0.2, 0.25) is 10.6 Å². The van der Waals surface area contributed by atoms with Crippen LogP contribution in [0, 0.1) is 5.41 Å². The quantitative estimate of drug-likeness (QED) is 0.752. The Kier molecular flexibility index (Phi) is 3.52. The minimum atomic E-state index is -0.163. The molecule has 0 atom stereocenters. The number of para-hydroxylation sites is 1. The lowest BCUT2D eigenvalue weighted by molar-refractivity contribution is 0.104. The van der Waals surface area contributed by atoms with Gasteiger partial charge in [0.1, 0.15) is 0 Å². The number of thiophene rings is 1. The second kappa shape index (κ2) is 5.32. The molecule has 0 spiro atoms. The number of nitrogens with one attached hydrogen (secondary N) is 1. The van der Waals surface area contributed by atoms with Crippen molar-refractivity contribution >= 4 is 40.1 Å². The molecule has 0 aliphatic rings. The van der Waals surface area contributed by atoms with E-state index < -0.39 is 0 Å². The molecule has 0 aliphatic carbocycles. The first-order chi connectivity index (χ1) is 9.66. The van der Waals surface area contributed by atoms with Crippen molar-refractivity contribution < 1.29 is 4.79 Å². The van der Waals surface area contributed by atoms with Crippen LogP contribution in [0.25, 0.3) is 5.69 Å². The number of rotatable bonds is 3. The van der Waals surface area contributed by atoms with Crippen LogP contribution >= 0.6 is 34.3 Å². The van der Waals surface area contributed by atoms with Crippen LogP contribution in [0.1, 0.15) is 14.7 Å². The third kappa shape index (κ3) is 2.33. The van der Waals surface area contributed by atoms with Crippen molar-refractivity contribution in [3.8, 4) is 5.69 Å². The molecule has 3 aromatic rings. The fourth-order valence-electron chi connectivity index (χ4n) is 1.68. The van der Waals surface area contributed by atoms with Crippen LogP contribution in [0.5, 0.6) is 0 Å². The number of halogens is 1. The van der Waals surface area contributed by atoms with E-state index in [0.29, 0.717) is 15.6 Å². The summed E-state index contributed by atoms with van der Waals surface area (Å²) in [4.78, 5) is 13.0. The van der Waals surface area contributed by atoms with Crippen molar-refractivity contribution in [3.63, 3.8) is 0 Å². The predicted octanol–water partition coefficient (Wildman–Crippen LogP) is 3.36. The number of carbonyl (C=O) groups is 1. The summed E-state index contributed by atoms with van der Waals surface area (Å²) in [6, 6.07) is 10.7. The molecule has 0 aliphatic heterocycles. The maximum absolute atomic E-state index is 12.2. The van der Waals surface area contributed by atoms with Gasteiger partial charge < -0.3 is 0 Å². The SMILES string of the molecule is N=c1sc(C(=O)c2cccs2)nn1-c1ccccc1Cl. The van der Waals surface area contributed by atoms with Gasteiger partial charge in [-0.05, 0) is 23.6 Å². The monoisotopic (exact) mass is 321 g/mol. The van der Waals surface area contributed by atoms with Crippen LogP contribution in [0.2, 0.25) is 5.02 Å². The number of hydrogen-bond donors (Lipinski definition) is 1. The summed E-state index contributed by atoms with van der Waals surface area (Å²) in [6.07, 6.45) is 0. The number of hydrogen-bond acceptors (Lipinski definition) is 5. The van der Waals surface area contributed by atoms with Gasteiger partial charge in [0.25, 0.3) is 0 Å². The van der Waals surface area contributed by atoms with Gasteiger partial charge >= 0.3 is 0 Å². The van der Waals surface area contributed by atoms with Crippen molar-refractivity contribution in [3.05, 3.63) is 61.5 Å². The van der Waals surface area contributed by atoms with E-state index in [1.54, 1.807) is 24.3 Å². The summed E-state index contributed by atoms with van der Waals surface area (Å²) >= 11 is 8.50. The van der Waals surface area contributed by atoms with E-state index in [0.717, 1.165) is 11.3 Å². The molecule has 0 saturated carbocycles. The standard InChI is InChI=1S/C13H8ClN3OS2/c14-8-4-1-2-5-9(8)17-13(15)20-12(16-17)11(18)10-6-3-7-19-10/h1-7,15H. The van der Waals surface area contributed by atoms with Gasteiger partial charge in [0.05, 0.1) is 15.6 Å². The van der Waals surface area contributed by atoms with E-state index in [9.17, 15) is 4.79 Å². The summed E-state index contributed by atoms with van der Waals surface area (Å²) in [5.74, 6) is -0.163. The van der Waals surface area contributed by atoms with E-state index in [1.807, 2.05) is 17.5 Å². The number of aromatic nitrogens is 2. The Bertz CT molecular complexity index is 820. The van der Waals surface area contributed by atoms with Gasteiger partial charge in [-0.25, -0.2) is 4.68 Å². The zero-order valence-electron chi connectivity index (χ0n) is 10.0. The largest absolute Gasteiger partial charge is 0.285 e. The highest BCUT2D eigenvalue weighted by Gasteiger charge is 2.17. The lowest BCUT2D eigenvalue weighted by Crippen LogP contribution is -2.13. The number of nitrogens with zero attached hydrogens (tertiary/aromatic N) is 2. The molecule has 2 aromatic heterocycles. The topological polar surface area (TPSA) is 58.7 Å². The third-order valence-electron chi connectivity index (χ3n) is 2.60. The highest BCUT2D eigenvalue weighted by Crippen LogP contribution is 2.20. The first kappa shape index (κ1) is 13.2. The Hall–Kier alpha value is -1.76. The summed E-state index contributed by atoms with van der Waals surface area (Å²) in [5, 5.41) is 14.8. The van der Waals surface area contributed by atoms with Crippen molar-refractivity contribution in [1.29, 1.82) is 5.41 Å². The molecule has 7 heteroatoms. The lowest BCUT2D eigenvalue weighted by atomic mass is 10.3. The Morgan fingerprint density at radius 2 is 2.05 bits per heavy atom. The second-order valence-corrected chi connectivity index (χ2v) is 6.21. The average Bonchev–Trinajstić information content (AvgIpc) is 3.08. The van der Waals surface area contributed by atoms with Gasteiger partial charge in [0.15, 0.2) is 5.01 Å². The lowest BCUT2D eigenvalue weighted by Gasteiger charge is -2.02. The zero-order valence-corrected chi connectivity index (χ0v) is 12.4. The molecular formula is C13H8ClN3OS2. The summed E-state index contributed by atoms with van der Waals surface area (Å²) in [5.41, 5.74) is 0.598. The minimum Gasteiger partial charge on any atom is -0.285 e. The number of benzene rings is 1. The van der Waals surface area contributed by atoms with E-state index in [2.05, 4.69) is 5.10 Å². The summed E-state index contributed by atoms with van der Waals surface area (Å²) < 4.78 is 1.38. The Morgan fingerprint density at radius 1 is 1.25 bits per heavy atom. The van der Waals surface area contributed by atoms with Crippen LogP contribution in [0.15, 0.2) is 41.8 Å². The smallest absolute Gasteiger partial charge is 0.233 e. The van der Waals surface area contributed by atoms with Crippen molar-refractivity contribution in [2.75, 3.05) is 0 Å². The highest BCUT2D eigenvalue weighted by atomic mass is 35.5. The maximum Gasteiger partial charge on any atom is 0.233 e. The van der Waals surface area contributed by atoms with Gasteiger partial charge in [-0.15, -0.1) is 11.3 Å². The molecule has 0 bridgehead atoms. The first-order valence-corrected chi connectivity index (χ1v) is 7.72. The average molecular weight is 322 g/mol. The second-order valence-electron chi connectivity index (χ2n) is 3.88. The van der Waals surface area contributed by atoms with Crippen LogP contribution in [0.4, 0.5) is 0 Å². The van der Waals surface area contributed by atoms with Gasteiger partial charge in [-0.2, -0.15) is 5.10 Å². The molecule has 0 unspecified atom stereocenters. The highest BCUT2D eigenvalue weighted by molar-refractivity contribution is 7.15. The first-order valence-electron chi connectivity index (χ1n) is 5.64. The Labute approximate surface area is 127 Å². The fourth-order valence-corrected chi connectivity index (χ4v) is 3.36. The normalized spacial score (nSPS) is 10.7.